The van der Waals surface area contributed by atoms with Gasteiger partial charge in [-0.2, -0.15) is 0 Å². The molecule has 1 heterocycles. The third-order valence-corrected chi connectivity index (χ3v) is 2.78. The second-order valence-corrected chi connectivity index (χ2v) is 4.35. The van der Waals surface area contributed by atoms with Crippen LogP contribution < -0.4 is 0 Å². The van der Waals surface area contributed by atoms with E-state index in [0.717, 1.165) is 0 Å². The first-order valence-electron chi connectivity index (χ1n) is 5.83. The van der Waals surface area contributed by atoms with E-state index in [0.29, 0.717) is 6.54 Å². The monoisotopic (exact) mass is 256 g/mol. The van der Waals surface area contributed by atoms with Crippen molar-refractivity contribution in [1.82, 2.24) is 9.80 Å². The van der Waals surface area contributed by atoms with Crippen molar-refractivity contribution >= 4 is 11.9 Å². The van der Waals surface area contributed by atoms with E-state index in [1.807, 2.05) is 13.8 Å². The largest absolute Gasteiger partial charge is 0.466 e. The molecule has 0 unspecified atom stereocenters. The van der Waals surface area contributed by atoms with Crippen LogP contribution in [0.2, 0.25) is 0 Å². The Bertz CT molecular complexity index is 341. The standard InChI is InChI=1S/C12H20N2O4/c1-9(2)14-10(15)7-13(8-11(14)17-3)6-5-12(16)18-4/h5-6,9,11H,7-8H2,1-4H3/b6-5+/t11-/m0/s1. The third kappa shape index (κ3) is 3.46. The summed E-state index contributed by atoms with van der Waals surface area (Å²) in [5.74, 6) is -0.458. The number of hydrogen-bond acceptors (Lipinski definition) is 5. The van der Waals surface area contributed by atoms with Crippen molar-refractivity contribution in [2.75, 3.05) is 27.3 Å². The van der Waals surface area contributed by atoms with Crippen molar-refractivity contribution in [3.05, 3.63) is 12.3 Å². The molecule has 0 radical (unpaired) electrons. The van der Waals surface area contributed by atoms with Gasteiger partial charge in [-0.25, -0.2) is 4.79 Å². The molecule has 102 valence electrons. The van der Waals surface area contributed by atoms with Crippen molar-refractivity contribution < 1.29 is 19.1 Å². The highest BCUT2D eigenvalue weighted by Gasteiger charge is 2.32. The maximum Gasteiger partial charge on any atom is 0.331 e. The zero-order chi connectivity index (χ0) is 13.7. The van der Waals surface area contributed by atoms with E-state index >= 15 is 0 Å². The lowest BCUT2D eigenvalue weighted by Crippen LogP contribution is -2.58. The number of methoxy groups -OCH3 is 2. The lowest BCUT2D eigenvalue weighted by Gasteiger charge is -2.41. The van der Waals surface area contributed by atoms with Gasteiger partial charge in [0.05, 0.1) is 20.2 Å². The minimum absolute atomic E-state index is 0.0161. The van der Waals surface area contributed by atoms with E-state index in [2.05, 4.69) is 4.74 Å². The molecule has 0 saturated carbocycles. The maximum absolute atomic E-state index is 12.0. The van der Waals surface area contributed by atoms with Crippen LogP contribution in [0.4, 0.5) is 0 Å². The van der Waals surface area contributed by atoms with Crippen molar-refractivity contribution in [2.45, 2.75) is 26.1 Å². The molecule has 1 saturated heterocycles. The molecule has 0 N–H and O–H groups in total. The Labute approximate surface area is 107 Å². The van der Waals surface area contributed by atoms with Crippen molar-refractivity contribution in [2.24, 2.45) is 0 Å². The first-order chi connectivity index (χ1) is 8.49. The second kappa shape index (κ2) is 6.39. The summed E-state index contributed by atoms with van der Waals surface area (Å²) in [7, 11) is 2.88. The molecule has 0 bridgehead atoms. The molecule has 1 fully saturated rings. The smallest absolute Gasteiger partial charge is 0.331 e. The fraction of sp³-hybridized carbons (Fsp3) is 0.667. The summed E-state index contributed by atoms with van der Waals surface area (Å²) < 4.78 is 9.81. The van der Waals surface area contributed by atoms with E-state index in [9.17, 15) is 9.59 Å². The summed E-state index contributed by atoms with van der Waals surface area (Å²) in [4.78, 5) is 26.4. The molecule has 0 aliphatic carbocycles. The molecule has 6 heteroatoms. The number of carbonyl (C=O) groups excluding carboxylic acids is 2. The van der Waals surface area contributed by atoms with Gasteiger partial charge in [0, 0.05) is 25.4 Å². The third-order valence-electron chi connectivity index (χ3n) is 2.78. The highest BCUT2D eigenvalue weighted by molar-refractivity contribution is 5.82. The van der Waals surface area contributed by atoms with E-state index in [-0.39, 0.29) is 24.7 Å². The number of esters is 1. The number of rotatable bonds is 4. The van der Waals surface area contributed by atoms with Crippen molar-refractivity contribution in [3.63, 3.8) is 0 Å². The van der Waals surface area contributed by atoms with Crippen molar-refractivity contribution in [1.29, 1.82) is 0 Å². The summed E-state index contributed by atoms with van der Waals surface area (Å²) in [5.41, 5.74) is 0. The highest BCUT2D eigenvalue weighted by atomic mass is 16.5. The van der Waals surface area contributed by atoms with Gasteiger partial charge in [0.15, 0.2) is 0 Å². The molecule has 1 aliphatic heterocycles. The Morgan fingerprint density at radius 1 is 1.44 bits per heavy atom. The van der Waals surface area contributed by atoms with E-state index in [1.165, 1.54) is 13.2 Å². The van der Waals surface area contributed by atoms with Gasteiger partial charge in [-0.3, -0.25) is 4.79 Å². The molecule has 6 nitrogen and oxygen atoms in total. The van der Waals surface area contributed by atoms with Crippen LogP contribution in [0.1, 0.15) is 13.8 Å². The predicted molar refractivity (Wildman–Crippen MR) is 65.5 cm³/mol. The Hall–Kier alpha value is -1.56. The average molecular weight is 256 g/mol. The Morgan fingerprint density at radius 3 is 2.61 bits per heavy atom. The zero-order valence-corrected chi connectivity index (χ0v) is 11.3. The van der Waals surface area contributed by atoms with Crippen LogP contribution >= 0.6 is 0 Å². The molecular weight excluding hydrogens is 236 g/mol. The lowest BCUT2D eigenvalue weighted by atomic mass is 10.2. The highest BCUT2D eigenvalue weighted by Crippen LogP contribution is 2.15. The number of piperazine rings is 1. The normalized spacial score (nSPS) is 20.9. The van der Waals surface area contributed by atoms with Gasteiger partial charge in [-0.1, -0.05) is 0 Å². The van der Waals surface area contributed by atoms with Crippen LogP contribution in [0, 0.1) is 0 Å². The Kier molecular flexibility index (Phi) is 5.15. The van der Waals surface area contributed by atoms with Crippen LogP contribution in [0.15, 0.2) is 12.3 Å². The first kappa shape index (κ1) is 14.5. The number of carbonyl (C=O) groups is 2. The summed E-state index contributed by atoms with van der Waals surface area (Å²) in [6.07, 6.45) is 2.56. The van der Waals surface area contributed by atoms with Gasteiger partial charge in [-0.15, -0.1) is 0 Å². The van der Waals surface area contributed by atoms with Crippen LogP contribution in [0.3, 0.4) is 0 Å². The summed E-state index contributed by atoms with van der Waals surface area (Å²) >= 11 is 0. The molecule has 0 aromatic carbocycles. The first-order valence-corrected chi connectivity index (χ1v) is 5.83. The van der Waals surface area contributed by atoms with E-state index in [1.54, 1.807) is 23.1 Å². The quantitative estimate of drug-likeness (QED) is 0.531. The minimum atomic E-state index is -0.442. The fourth-order valence-electron chi connectivity index (χ4n) is 1.93. The molecule has 0 aromatic heterocycles. The molecule has 0 spiro atoms. The average Bonchev–Trinajstić information content (AvgIpc) is 2.34. The fourth-order valence-corrected chi connectivity index (χ4v) is 1.93. The van der Waals surface area contributed by atoms with Crippen LogP contribution in [-0.2, 0) is 19.1 Å². The molecule has 1 amide bonds. The number of hydrogen-bond donors (Lipinski definition) is 0. The summed E-state index contributed by atoms with van der Waals surface area (Å²) in [6, 6.07) is 0.0918. The molecular formula is C12H20N2O4. The Balaban J connectivity index is 2.70. The van der Waals surface area contributed by atoms with Gasteiger partial charge in [0.1, 0.15) is 6.23 Å². The molecule has 1 rings (SSSR count). The van der Waals surface area contributed by atoms with Gasteiger partial charge in [0.25, 0.3) is 0 Å². The van der Waals surface area contributed by atoms with E-state index < -0.39 is 5.97 Å². The second-order valence-electron chi connectivity index (χ2n) is 4.35. The minimum Gasteiger partial charge on any atom is -0.466 e. The van der Waals surface area contributed by atoms with Gasteiger partial charge in [0.2, 0.25) is 5.91 Å². The van der Waals surface area contributed by atoms with Crippen molar-refractivity contribution in [3.8, 4) is 0 Å². The van der Waals surface area contributed by atoms with Crippen LogP contribution in [-0.4, -0.2) is 61.3 Å². The Morgan fingerprint density at radius 2 is 2.11 bits per heavy atom. The number of nitrogens with zero attached hydrogens (tertiary/aromatic N) is 2. The molecule has 18 heavy (non-hydrogen) atoms. The van der Waals surface area contributed by atoms with E-state index in [4.69, 9.17) is 4.74 Å². The molecule has 1 atom stereocenters. The van der Waals surface area contributed by atoms with Gasteiger partial charge < -0.3 is 19.3 Å². The predicted octanol–water partition coefficient (Wildman–Crippen LogP) is 0.198. The van der Waals surface area contributed by atoms with Crippen LogP contribution in [0.5, 0.6) is 0 Å². The lowest BCUT2D eigenvalue weighted by molar-refractivity contribution is -0.157. The van der Waals surface area contributed by atoms with Crippen LogP contribution in [0.25, 0.3) is 0 Å². The van der Waals surface area contributed by atoms with Gasteiger partial charge >= 0.3 is 5.97 Å². The SMILES string of the molecule is COC(=O)/C=C/N1CC(=O)N(C(C)C)[C@@H](OC)C1. The molecule has 0 aromatic rings. The number of ether oxygens (including phenoxy) is 2. The van der Waals surface area contributed by atoms with Gasteiger partial charge in [-0.05, 0) is 13.8 Å². The molecule has 1 aliphatic rings. The summed E-state index contributed by atoms with van der Waals surface area (Å²) in [6.45, 7) is 4.67. The topological polar surface area (TPSA) is 59.1 Å². The zero-order valence-electron chi connectivity index (χ0n) is 11.3. The number of amides is 1. The maximum atomic E-state index is 12.0. The summed E-state index contributed by atoms with van der Waals surface area (Å²) in [5, 5.41) is 0.